The van der Waals surface area contributed by atoms with Gasteiger partial charge < -0.3 is 4.74 Å². The molecule has 5 nitrogen and oxygen atoms in total. The topological polar surface area (TPSA) is 68.3 Å². The molecule has 0 unspecified atom stereocenters. The fourth-order valence-electron chi connectivity index (χ4n) is 2.10. The van der Waals surface area contributed by atoms with Gasteiger partial charge in [0, 0.05) is 10.0 Å². The molecule has 0 fully saturated rings. The van der Waals surface area contributed by atoms with Crippen molar-refractivity contribution in [2.24, 2.45) is 0 Å². The van der Waals surface area contributed by atoms with Crippen LogP contribution in [0.25, 0.3) is 9.53 Å². The maximum atomic E-state index is 12.2. The molecule has 24 heavy (non-hydrogen) atoms. The number of ether oxygens (including phenoxy) is 1. The van der Waals surface area contributed by atoms with Crippen molar-refractivity contribution in [3.63, 3.8) is 0 Å². The molecular formula is C16H13BrN2O3S2. The molecule has 3 rings (SSSR count). The highest BCUT2D eigenvalue weighted by atomic mass is 79.9. The second-order valence-electron chi connectivity index (χ2n) is 4.89. The van der Waals surface area contributed by atoms with Crippen molar-refractivity contribution in [2.45, 2.75) is 13.8 Å². The summed E-state index contributed by atoms with van der Waals surface area (Å²) < 4.78 is 6.85. The number of anilines is 1. The molecule has 0 aliphatic rings. The van der Waals surface area contributed by atoms with Crippen molar-refractivity contribution in [3.05, 3.63) is 44.7 Å². The monoisotopic (exact) mass is 424 g/mol. The SMILES string of the molecule is CCOC(=O)c1sc2nc(NC(=O)c3ccc(Br)cc3)sc2c1C. The van der Waals surface area contributed by atoms with Gasteiger partial charge in [-0.05, 0) is 43.7 Å². The van der Waals surface area contributed by atoms with Crippen LogP contribution in [-0.2, 0) is 4.74 Å². The summed E-state index contributed by atoms with van der Waals surface area (Å²) in [4.78, 5) is 29.8. The number of thiophene rings is 1. The van der Waals surface area contributed by atoms with Gasteiger partial charge in [-0.25, -0.2) is 9.78 Å². The van der Waals surface area contributed by atoms with E-state index in [0.717, 1.165) is 19.6 Å². The number of hydrogen-bond acceptors (Lipinski definition) is 6. The summed E-state index contributed by atoms with van der Waals surface area (Å²) in [5, 5.41) is 3.31. The molecule has 0 spiro atoms. The van der Waals surface area contributed by atoms with Crippen molar-refractivity contribution in [3.8, 4) is 0 Å². The van der Waals surface area contributed by atoms with Gasteiger partial charge in [-0.2, -0.15) is 0 Å². The number of carbonyl (C=O) groups excluding carboxylic acids is 2. The minimum atomic E-state index is -0.328. The minimum Gasteiger partial charge on any atom is -0.462 e. The second-order valence-corrected chi connectivity index (χ2v) is 7.80. The molecular weight excluding hydrogens is 412 g/mol. The van der Waals surface area contributed by atoms with E-state index < -0.39 is 0 Å². The van der Waals surface area contributed by atoms with Gasteiger partial charge in [0.05, 0.1) is 11.3 Å². The van der Waals surface area contributed by atoms with Crippen LogP contribution >= 0.6 is 38.6 Å². The summed E-state index contributed by atoms with van der Waals surface area (Å²) in [6.07, 6.45) is 0. The van der Waals surface area contributed by atoms with Crippen LogP contribution < -0.4 is 5.32 Å². The van der Waals surface area contributed by atoms with E-state index >= 15 is 0 Å². The van der Waals surface area contributed by atoms with Crippen LogP contribution in [-0.4, -0.2) is 23.5 Å². The molecule has 8 heteroatoms. The van der Waals surface area contributed by atoms with Gasteiger partial charge in [-0.15, -0.1) is 11.3 Å². The number of aromatic nitrogens is 1. The van der Waals surface area contributed by atoms with Gasteiger partial charge in [-0.1, -0.05) is 27.3 Å². The number of nitrogens with one attached hydrogen (secondary N) is 1. The van der Waals surface area contributed by atoms with E-state index in [9.17, 15) is 9.59 Å². The lowest BCUT2D eigenvalue weighted by atomic mass is 10.2. The lowest BCUT2D eigenvalue weighted by molar-refractivity contribution is 0.0531. The van der Waals surface area contributed by atoms with E-state index in [2.05, 4.69) is 26.2 Å². The van der Waals surface area contributed by atoms with Crippen LogP contribution in [0.5, 0.6) is 0 Å². The van der Waals surface area contributed by atoms with Crippen LogP contribution in [0.1, 0.15) is 32.5 Å². The third-order valence-electron chi connectivity index (χ3n) is 3.26. The van der Waals surface area contributed by atoms with Crippen molar-refractivity contribution in [1.29, 1.82) is 0 Å². The summed E-state index contributed by atoms with van der Waals surface area (Å²) >= 11 is 5.98. The quantitative estimate of drug-likeness (QED) is 0.607. The maximum Gasteiger partial charge on any atom is 0.348 e. The Labute approximate surface area is 154 Å². The fraction of sp³-hybridized carbons (Fsp3) is 0.188. The average Bonchev–Trinajstić information content (AvgIpc) is 3.07. The van der Waals surface area contributed by atoms with E-state index in [1.165, 1.54) is 22.7 Å². The van der Waals surface area contributed by atoms with Crippen molar-refractivity contribution in [2.75, 3.05) is 11.9 Å². The highest BCUT2D eigenvalue weighted by Gasteiger charge is 2.20. The first kappa shape index (κ1) is 17.1. The summed E-state index contributed by atoms with van der Waals surface area (Å²) in [5.74, 6) is -0.544. The van der Waals surface area contributed by atoms with Crippen LogP contribution in [0, 0.1) is 6.92 Å². The number of aryl methyl sites for hydroxylation is 1. The highest BCUT2D eigenvalue weighted by molar-refractivity contribution is 9.10. The van der Waals surface area contributed by atoms with E-state index in [-0.39, 0.29) is 11.9 Å². The summed E-state index contributed by atoms with van der Waals surface area (Å²) in [5.41, 5.74) is 1.40. The number of hydrogen-bond donors (Lipinski definition) is 1. The molecule has 0 aliphatic carbocycles. The number of fused-ring (bicyclic) bond motifs is 1. The first-order valence-corrected chi connectivity index (χ1v) is 9.56. The number of thiazole rings is 1. The number of rotatable bonds is 4. The molecule has 0 radical (unpaired) electrons. The lowest BCUT2D eigenvalue weighted by Crippen LogP contribution is -2.11. The number of carbonyl (C=O) groups is 2. The van der Waals surface area contributed by atoms with Crippen LogP contribution in [0.4, 0.5) is 5.13 Å². The van der Waals surface area contributed by atoms with Crippen LogP contribution in [0.3, 0.4) is 0 Å². The van der Waals surface area contributed by atoms with Crippen molar-refractivity contribution in [1.82, 2.24) is 4.98 Å². The van der Waals surface area contributed by atoms with E-state index in [1.807, 2.05) is 19.1 Å². The largest absolute Gasteiger partial charge is 0.462 e. The van der Waals surface area contributed by atoms with Crippen molar-refractivity contribution >= 4 is 65.1 Å². The maximum absolute atomic E-state index is 12.2. The fourth-order valence-corrected chi connectivity index (χ4v) is 4.58. The smallest absolute Gasteiger partial charge is 0.348 e. The molecule has 124 valence electrons. The zero-order valence-corrected chi connectivity index (χ0v) is 16.1. The number of amides is 1. The summed E-state index contributed by atoms with van der Waals surface area (Å²) in [6.45, 7) is 3.98. The van der Waals surface area contributed by atoms with Gasteiger partial charge in [0.25, 0.3) is 5.91 Å². The molecule has 0 aliphatic heterocycles. The summed E-state index contributed by atoms with van der Waals surface area (Å²) in [7, 11) is 0. The van der Waals surface area contributed by atoms with Gasteiger partial charge in [0.2, 0.25) is 0 Å². The number of benzene rings is 1. The van der Waals surface area contributed by atoms with Gasteiger partial charge in [0.15, 0.2) is 5.13 Å². The van der Waals surface area contributed by atoms with E-state index in [0.29, 0.717) is 22.2 Å². The second kappa shape index (κ2) is 7.00. The zero-order chi connectivity index (χ0) is 17.3. The van der Waals surface area contributed by atoms with Crippen LogP contribution in [0.15, 0.2) is 28.7 Å². The molecule has 0 saturated carbocycles. The molecule has 0 atom stereocenters. The Morgan fingerprint density at radius 2 is 1.96 bits per heavy atom. The Hall–Kier alpha value is -1.77. The Morgan fingerprint density at radius 1 is 1.25 bits per heavy atom. The predicted molar refractivity (Wildman–Crippen MR) is 100 cm³/mol. The van der Waals surface area contributed by atoms with Crippen molar-refractivity contribution < 1.29 is 14.3 Å². The molecule has 0 bridgehead atoms. The molecule has 1 aromatic carbocycles. The third-order valence-corrected chi connectivity index (χ3v) is 6.18. The first-order chi connectivity index (χ1) is 11.5. The molecule has 1 N–H and O–H groups in total. The predicted octanol–water partition coefficient (Wildman–Crippen LogP) is 4.86. The molecule has 2 heterocycles. The Morgan fingerprint density at radius 3 is 2.58 bits per heavy atom. The Bertz CT molecular complexity index is 915. The third kappa shape index (κ3) is 3.35. The lowest BCUT2D eigenvalue weighted by Gasteiger charge is -2.02. The molecule has 0 saturated heterocycles. The van der Waals surface area contributed by atoms with Gasteiger partial charge >= 0.3 is 5.97 Å². The molecule has 1 amide bonds. The van der Waals surface area contributed by atoms with Gasteiger partial charge in [0.1, 0.15) is 9.71 Å². The molecule has 2 aromatic heterocycles. The summed E-state index contributed by atoms with van der Waals surface area (Å²) in [6, 6.07) is 7.09. The number of esters is 1. The number of halogens is 1. The normalized spacial score (nSPS) is 10.8. The van der Waals surface area contributed by atoms with E-state index in [1.54, 1.807) is 19.1 Å². The van der Waals surface area contributed by atoms with Crippen LogP contribution in [0.2, 0.25) is 0 Å². The number of nitrogens with zero attached hydrogens (tertiary/aromatic N) is 1. The highest BCUT2D eigenvalue weighted by Crippen LogP contribution is 2.37. The minimum absolute atomic E-state index is 0.216. The molecule has 3 aromatic rings. The Balaban J connectivity index is 1.82. The van der Waals surface area contributed by atoms with E-state index in [4.69, 9.17) is 4.74 Å². The average molecular weight is 425 g/mol. The zero-order valence-electron chi connectivity index (χ0n) is 12.9. The first-order valence-electron chi connectivity index (χ1n) is 7.13. The van der Waals surface area contributed by atoms with Gasteiger partial charge in [-0.3, -0.25) is 10.1 Å². The standard InChI is InChI=1S/C16H13BrN2O3S2/c1-3-22-15(21)12-8(2)11-14(23-12)19-16(24-11)18-13(20)9-4-6-10(17)7-5-9/h4-7H,3H2,1-2H3,(H,18,19,20). The Kier molecular flexibility index (Phi) is 4.98.